The third-order valence-electron chi connectivity index (χ3n) is 6.49. The molecule has 150 valence electrons. The van der Waals surface area contributed by atoms with Crippen LogP contribution in [0.1, 0.15) is 35.0 Å². The number of carbonyl (C=O) groups excluding carboxylic acids is 1. The number of nitrogens with zero attached hydrogens (tertiary/aromatic N) is 2. The number of H-pyrrole nitrogens is 1. The van der Waals surface area contributed by atoms with Crippen molar-refractivity contribution in [3.8, 4) is 5.75 Å². The first-order valence-electron chi connectivity index (χ1n) is 10.6. The predicted molar refractivity (Wildman–Crippen MR) is 116 cm³/mol. The van der Waals surface area contributed by atoms with E-state index in [9.17, 15) is 9.90 Å². The van der Waals surface area contributed by atoms with E-state index in [0.29, 0.717) is 24.8 Å². The van der Waals surface area contributed by atoms with Gasteiger partial charge in [-0.3, -0.25) is 4.79 Å². The van der Waals surface area contributed by atoms with Gasteiger partial charge in [-0.05, 0) is 48.9 Å². The van der Waals surface area contributed by atoms with Crippen LogP contribution in [0, 0.1) is 5.92 Å². The van der Waals surface area contributed by atoms with Gasteiger partial charge in [-0.2, -0.15) is 0 Å². The highest BCUT2D eigenvalue weighted by Gasteiger charge is 2.27. The molecule has 29 heavy (non-hydrogen) atoms. The topological polar surface area (TPSA) is 59.6 Å². The predicted octanol–water partition coefficient (Wildman–Crippen LogP) is 3.96. The average molecular weight is 389 g/mol. The number of benzene rings is 2. The average Bonchev–Trinajstić information content (AvgIpc) is 3.12. The number of fused-ring (bicyclic) bond motifs is 3. The zero-order chi connectivity index (χ0) is 20.0. The highest BCUT2D eigenvalue weighted by molar-refractivity contribution is 6.07. The summed E-state index contributed by atoms with van der Waals surface area (Å²) in [6, 6.07) is 13.5. The number of aromatic nitrogens is 1. The summed E-state index contributed by atoms with van der Waals surface area (Å²) in [7, 11) is 0. The summed E-state index contributed by atoms with van der Waals surface area (Å²) in [5.74, 6) is 1.09. The van der Waals surface area contributed by atoms with Gasteiger partial charge < -0.3 is 19.9 Å². The number of aryl methyl sites for hydroxylation is 1. The molecule has 5 rings (SSSR count). The summed E-state index contributed by atoms with van der Waals surface area (Å²) in [5, 5.41) is 11.3. The largest absolute Gasteiger partial charge is 0.506 e. The molecular formula is C24H27N3O2. The molecule has 0 radical (unpaired) electrons. The van der Waals surface area contributed by atoms with Crippen molar-refractivity contribution in [1.29, 1.82) is 0 Å². The number of piperazine rings is 1. The first kappa shape index (κ1) is 18.1. The standard InChI is InChI=1S/C24H27N3O2/c1-16-9-10-20-19(15-16)17-5-4-6-18(23(17)25-20)24(29)27-13-11-26(12-14-27)21-7-2-3-8-22(21)28/h2-8,16,25,28H,9-15H2,1H3. The Kier molecular flexibility index (Phi) is 4.46. The lowest BCUT2D eigenvalue weighted by molar-refractivity contribution is 0.0748. The monoisotopic (exact) mass is 389 g/mol. The Labute approximate surface area is 170 Å². The van der Waals surface area contributed by atoms with Crippen LogP contribution in [0.15, 0.2) is 42.5 Å². The molecule has 1 aliphatic heterocycles. The van der Waals surface area contributed by atoms with Gasteiger partial charge in [0.05, 0.1) is 16.8 Å². The fourth-order valence-electron chi connectivity index (χ4n) is 4.85. The molecule has 1 fully saturated rings. The second-order valence-corrected chi connectivity index (χ2v) is 8.43. The molecular weight excluding hydrogens is 362 g/mol. The molecule has 1 atom stereocenters. The van der Waals surface area contributed by atoms with E-state index in [-0.39, 0.29) is 5.91 Å². The number of phenolic OH excluding ortho intramolecular Hbond substituents is 1. The van der Waals surface area contributed by atoms with Crippen molar-refractivity contribution in [2.45, 2.75) is 26.2 Å². The molecule has 1 amide bonds. The summed E-state index contributed by atoms with van der Waals surface area (Å²) in [4.78, 5) is 21.0. The molecule has 0 saturated carbocycles. The fraction of sp³-hybridized carbons (Fsp3) is 0.375. The van der Waals surface area contributed by atoms with Gasteiger partial charge in [0.2, 0.25) is 0 Å². The van der Waals surface area contributed by atoms with Crippen molar-refractivity contribution in [1.82, 2.24) is 9.88 Å². The molecule has 0 spiro atoms. The molecule has 1 saturated heterocycles. The van der Waals surface area contributed by atoms with Crippen LogP contribution in [0.4, 0.5) is 5.69 Å². The second-order valence-electron chi connectivity index (χ2n) is 8.43. The third kappa shape index (κ3) is 3.15. The van der Waals surface area contributed by atoms with E-state index >= 15 is 0 Å². The van der Waals surface area contributed by atoms with Crippen LogP contribution < -0.4 is 4.90 Å². The lowest BCUT2D eigenvalue weighted by atomic mass is 9.87. The minimum atomic E-state index is 0.0965. The molecule has 3 aromatic rings. The van der Waals surface area contributed by atoms with Crippen LogP contribution in [0.5, 0.6) is 5.75 Å². The number of carbonyl (C=O) groups is 1. The van der Waals surface area contributed by atoms with Gasteiger partial charge in [0, 0.05) is 37.3 Å². The van der Waals surface area contributed by atoms with E-state index in [4.69, 9.17) is 0 Å². The number of nitrogens with one attached hydrogen (secondary N) is 1. The number of rotatable bonds is 2. The minimum absolute atomic E-state index is 0.0965. The third-order valence-corrected chi connectivity index (χ3v) is 6.49. The summed E-state index contributed by atoms with van der Waals surface area (Å²) < 4.78 is 0. The number of hydrogen-bond acceptors (Lipinski definition) is 3. The smallest absolute Gasteiger partial charge is 0.256 e. The Hall–Kier alpha value is -2.95. The molecule has 1 unspecified atom stereocenters. The van der Waals surface area contributed by atoms with Crippen LogP contribution in [0.3, 0.4) is 0 Å². The maximum Gasteiger partial charge on any atom is 0.256 e. The SMILES string of the molecule is CC1CCc2[nH]c3c(C(=O)N4CCN(c5ccccc5O)CC4)cccc3c2C1. The van der Waals surface area contributed by atoms with Crippen LogP contribution in [0.25, 0.3) is 10.9 Å². The Morgan fingerprint density at radius 3 is 2.66 bits per heavy atom. The zero-order valence-electron chi connectivity index (χ0n) is 16.8. The van der Waals surface area contributed by atoms with E-state index in [2.05, 4.69) is 22.9 Å². The molecule has 2 N–H and O–H groups in total. The highest BCUT2D eigenvalue weighted by Crippen LogP contribution is 2.33. The van der Waals surface area contributed by atoms with Gasteiger partial charge in [0.25, 0.3) is 5.91 Å². The summed E-state index contributed by atoms with van der Waals surface area (Å²) in [5.41, 5.74) is 5.33. The minimum Gasteiger partial charge on any atom is -0.506 e. The van der Waals surface area contributed by atoms with E-state index in [1.165, 1.54) is 23.1 Å². The Balaban J connectivity index is 1.38. The van der Waals surface area contributed by atoms with Crippen molar-refractivity contribution < 1.29 is 9.90 Å². The molecule has 5 nitrogen and oxygen atoms in total. The molecule has 5 heteroatoms. The summed E-state index contributed by atoms with van der Waals surface area (Å²) >= 11 is 0. The number of aromatic amines is 1. The van der Waals surface area contributed by atoms with Crippen LogP contribution in [0.2, 0.25) is 0 Å². The Bertz CT molecular complexity index is 1060. The van der Waals surface area contributed by atoms with Gasteiger partial charge in [-0.1, -0.05) is 31.2 Å². The van der Waals surface area contributed by atoms with E-state index < -0.39 is 0 Å². The number of amides is 1. The molecule has 2 aromatic carbocycles. The number of phenols is 1. The van der Waals surface area contributed by atoms with Gasteiger partial charge in [-0.25, -0.2) is 0 Å². The molecule has 1 aromatic heterocycles. The molecule has 0 bridgehead atoms. The fourth-order valence-corrected chi connectivity index (χ4v) is 4.85. The highest BCUT2D eigenvalue weighted by atomic mass is 16.3. The van der Waals surface area contributed by atoms with E-state index in [1.54, 1.807) is 6.07 Å². The van der Waals surface area contributed by atoms with Gasteiger partial charge in [0.1, 0.15) is 5.75 Å². The first-order valence-corrected chi connectivity index (χ1v) is 10.6. The van der Waals surface area contributed by atoms with Crippen LogP contribution in [-0.2, 0) is 12.8 Å². The number of aromatic hydroxyl groups is 1. The van der Waals surface area contributed by atoms with E-state index in [1.807, 2.05) is 35.2 Å². The summed E-state index contributed by atoms with van der Waals surface area (Å²) in [6.07, 6.45) is 3.36. The molecule has 2 heterocycles. The Morgan fingerprint density at radius 2 is 1.86 bits per heavy atom. The van der Waals surface area contributed by atoms with Crippen molar-refractivity contribution in [2.75, 3.05) is 31.1 Å². The lowest BCUT2D eigenvalue weighted by Gasteiger charge is -2.36. The van der Waals surface area contributed by atoms with Crippen LogP contribution >= 0.6 is 0 Å². The van der Waals surface area contributed by atoms with Gasteiger partial charge in [0.15, 0.2) is 0 Å². The summed E-state index contributed by atoms with van der Waals surface area (Å²) in [6.45, 7) is 5.05. The van der Waals surface area contributed by atoms with Crippen molar-refractivity contribution >= 4 is 22.5 Å². The van der Waals surface area contributed by atoms with E-state index in [0.717, 1.165) is 42.7 Å². The number of anilines is 1. The molecule has 2 aliphatic rings. The van der Waals surface area contributed by atoms with Gasteiger partial charge >= 0.3 is 0 Å². The van der Waals surface area contributed by atoms with Gasteiger partial charge in [-0.15, -0.1) is 0 Å². The molecule has 1 aliphatic carbocycles. The zero-order valence-corrected chi connectivity index (χ0v) is 16.8. The maximum atomic E-state index is 13.3. The van der Waals surface area contributed by atoms with Crippen molar-refractivity contribution in [3.63, 3.8) is 0 Å². The second kappa shape index (κ2) is 7.14. The lowest BCUT2D eigenvalue weighted by Crippen LogP contribution is -2.48. The number of hydrogen-bond donors (Lipinski definition) is 2. The van der Waals surface area contributed by atoms with Crippen LogP contribution in [-0.4, -0.2) is 47.1 Å². The quantitative estimate of drug-likeness (QED) is 0.697. The van der Waals surface area contributed by atoms with Crippen molar-refractivity contribution in [2.24, 2.45) is 5.92 Å². The first-order chi connectivity index (χ1) is 14.1. The number of para-hydroxylation sites is 3. The normalized spacial score (nSPS) is 19.4. The maximum absolute atomic E-state index is 13.3. The Morgan fingerprint density at radius 1 is 1.07 bits per heavy atom. The van der Waals surface area contributed by atoms with Crippen molar-refractivity contribution in [3.05, 3.63) is 59.3 Å².